The summed E-state index contributed by atoms with van der Waals surface area (Å²) in [4.78, 5) is 27.1. The number of fused-ring (bicyclic) bond motifs is 1. The standard InChI is InChI=1S/C12H18N2O3/c15-11-7-14(8-12(16)17-11)10-4-6-13-5-2-1-3-9(10)13/h9-10H,1-8H2. The van der Waals surface area contributed by atoms with Crippen molar-refractivity contribution in [1.29, 1.82) is 0 Å². The molecule has 0 saturated carbocycles. The lowest BCUT2D eigenvalue weighted by molar-refractivity contribution is -0.168. The number of ether oxygens (including phenoxy) is 1. The van der Waals surface area contributed by atoms with Crippen LogP contribution in [0.3, 0.4) is 0 Å². The predicted molar refractivity (Wildman–Crippen MR) is 60.3 cm³/mol. The average molecular weight is 238 g/mol. The van der Waals surface area contributed by atoms with Crippen LogP contribution in [0.1, 0.15) is 25.7 Å². The summed E-state index contributed by atoms with van der Waals surface area (Å²) in [6.07, 6.45) is 4.82. The van der Waals surface area contributed by atoms with E-state index in [1.54, 1.807) is 0 Å². The normalized spacial score (nSPS) is 35.8. The molecule has 3 aliphatic rings. The number of carbonyl (C=O) groups excluding carboxylic acids is 2. The van der Waals surface area contributed by atoms with Gasteiger partial charge in [-0.25, -0.2) is 0 Å². The fourth-order valence-electron chi connectivity index (χ4n) is 3.46. The Morgan fingerprint density at radius 3 is 2.35 bits per heavy atom. The second kappa shape index (κ2) is 4.38. The zero-order valence-corrected chi connectivity index (χ0v) is 9.93. The van der Waals surface area contributed by atoms with Gasteiger partial charge in [-0.2, -0.15) is 0 Å². The average Bonchev–Trinajstić information content (AvgIpc) is 2.71. The molecule has 2 atom stereocenters. The van der Waals surface area contributed by atoms with Gasteiger partial charge in [0.05, 0.1) is 13.1 Å². The summed E-state index contributed by atoms with van der Waals surface area (Å²) in [7, 11) is 0. The molecule has 17 heavy (non-hydrogen) atoms. The van der Waals surface area contributed by atoms with E-state index < -0.39 is 11.9 Å². The van der Waals surface area contributed by atoms with Crippen LogP contribution in [0.15, 0.2) is 0 Å². The summed E-state index contributed by atoms with van der Waals surface area (Å²) in [6, 6.07) is 0.912. The van der Waals surface area contributed by atoms with E-state index in [9.17, 15) is 9.59 Å². The second-order valence-corrected chi connectivity index (χ2v) is 5.21. The number of rotatable bonds is 1. The molecule has 5 heteroatoms. The van der Waals surface area contributed by atoms with Crippen LogP contribution in [0.2, 0.25) is 0 Å². The van der Waals surface area contributed by atoms with Gasteiger partial charge in [-0.15, -0.1) is 0 Å². The summed E-state index contributed by atoms with van der Waals surface area (Å²) >= 11 is 0. The lowest BCUT2D eigenvalue weighted by Crippen LogP contribution is -2.53. The Morgan fingerprint density at radius 1 is 0.882 bits per heavy atom. The molecule has 5 nitrogen and oxygen atoms in total. The Hall–Kier alpha value is -0.940. The van der Waals surface area contributed by atoms with Crippen molar-refractivity contribution in [2.45, 2.75) is 37.8 Å². The number of cyclic esters (lactones) is 2. The molecule has 3 heterocycles. The van der Waals surface area contributed by atoms with Gasteiger partial charge in [0.15, 0.2) is 0 Å². The van der Waals surface area contributed by atoms with E-state index in [4.69, 9.17) is 0 Å². The number of esters is 2. The van der Waals surface area contributed by atoms with E-state index in [1.807, 2.05) is 4.90 Å². The van der Waals surface area contributed by atoms with Gasteiger partial charge in [0.2, 0.25) is 0 Å². The maximum absolute atomic E-state index is 11.3. The topological polar surface area (TPSA) is 49.9 Å². The number of nitrogens with zero attached hydrogens (tertiary/aromatic N) is 2. The second-order valence-electron chi connectivity index (χ2n) is 5.21. The first-order valence-corrected chi connectivity index (χ1v) is 6.45. The van der Waals surface area contributed by atoms with E-state index in [0.29, 0.717) is 12.1 Å². The van der Waals surface area contributed by atoms with Crippen LogP contribution in [0, 0.1) is 0 Å². The fraction of sp³-hybridized carbons (Fsp3) is 0.833. The minimum atomic E-state index is -0.393. The lowest BCUT2D eigenvalue weighted by atomic mass is 9.97. The molecule has 3 fully saturated rings. The molecule has 3 rings (SSSR count). The monoisotopic (exact) mass is 238 g/mol. The molecule has 0 bridgehead atoms. The Balaban J connectivity index is 1.71. The van der Waals surface area contributed by atoms with Gasteiger partial charge >= 0.3 is 11.9 Å². The number of hydrogen-bond donors (Lipinski definition) is 0. The van der Waals surface area contributed by atoms with E-state index in [2.05, 4.69) is 9.64 Å². The minimum Gasteiger partial charge on any atom is -0.391 e. The van der Waals surface area contributed by atoms with Gasteiger partial charge in [-0.3, -0.25) is 19.4 Å². The minimum absolute atomic E-state index is 0.279. The van der Waals surface area contributed by atoms with Crippen LogP contribution >= 0.6 is 0 Å². The third-order valence-electron chi connectivity index (χ3n) is 4.18. The van der Waals surface area contributed by atoms with E-state index in [-0.39, 0.29) is 13.1 Å². The molecule has 0 N–H and O–H groups in total. The third kappa shape index (κ3) is 2.09. The summed E-state index contributed by atoms with van der Waals surface area (Å²) < 4.78 is 4.58. The predicted octanol–water partition coefficient (Wildman–Crippen LogP) is -0.00140. The van der Waals surface area contributed by atoms with Crippen LogP contribution in [0.5, 0.6) is 0 Å². The summed E-state index contributed by atoms with van der Waals surface area (Å²) in [5.74, 6) is -0.786. The van der Waals surface area contributed by atoms with E-state index in [1.165, 1.54) is 25.8 Å². The Morgan fingerprint density at radius 2 is 1.59 bits per heavy atom. The first kappa shape index (κ1) is 11.2. The van der Waals surface area contributed by atoms with Crippen LogP contribution in [-0.2, 0) is 14.3 Å². The fourth-order valence-corrected chi connectivity index (χ4v) is 3.46. The highest BCUT2D eigenvalue weighted by Crippen LogP contribution is 2.30. The van der Waals surface area contributed by atoms with Crippen molar-refractivity contribution in [3.63, 3.8) is 0 Å². The molecule has 0 aromatic carbocycles. The molecule has 0 aromatic heterocycles. The number of hydrogen-bond acceptors (Lipinski definition) is 5. The van der Waals surface area contributed by atoms with E-state index in [0.717, 1.165) is 13.0 Å². The van der Waals surface area contributed by atoms with Gasteiger partial charge in [0.25, 0.3) is 0 Å². The summed E-state index contributed by atoms with van der Waals surface area (Å²) in [5, 5.41) is 0. The first-order chi connectivity index (χ1) is 8.24. The SMILES string of the molecule is O=C1CN(C2CCN3CCCCC23)CC(=O)O1. The number of carbonyl (C=O) groups is 2. The molecule has 2 unspecified atom stereocenters. The van der Waals surface area contributed by atoms with Crippen molar-refractivity contribution < 1.29 is 14.3 Å². The van der Waals surface area contributed by atoms with Gasteiger partial charge in [0.1, 0.15) is 0 Å². The highest BCUT2D eigenvalue weighted by molar-refractivity contribution is 5.90. The van der Waals surface area contributed by atoms with Crippen LogP contribution in [-0.4, -0.2) is 60.0 Å². The van der Waals surface area contributed by atoms with Crippen LogP contribution < -0.4 is 0 Å². The Labute approximate surface area is 101 Å². The zero-order chi connectivity index (χ0) is 11.8. The highest BCUT2D eigenvalue weighted by atomic mass is 16.6. The third-order valence-corrected chi connectivity index (χ3v) is 4.18. The number of morpholine rings is 1. The van der Waals surface area contributed by atoms with Gasteiger partial charge in [-0.05, 0) is 25.8 Å². The quantitative estimate of drug-likeness (QED) is 0.475. The Bertz CT molecular complexity index is 329. The van der Waals surface area contributed by atoms with E-state index >= 15 is 0 Å². The van der Waals surface area contributed by atoms with Crippen molar-refractivity contribution in [2.75, 3.05) is 26.2 Å². The molecule has 0 aliphatic carbocycles. The van der Waals surface area contributed by atoms with Crippen molar-refractivity contribution in [3.8, 4) is 0 Å². The summed E-state index contributed by atoms with van der Waals surface area (Å²) in [6.45, 7) is 2.84. The van der Waals surface area contributed by atoms with Crippen LogP contribution in [0.25, 0.3) is 0 Å². The zero-order valence-electron chi connectivity index (χ0n) is 9.93. The van der Waals surface area contributed by atoms with Crippen molar-refractivity contribution in [3.05, 3.63) is 0 Å². The first-order valence-electron chi connectivity index (χ1n) is 6.45. The molecule has 94 valence electrons. The maximum atomic E-state index is 11.3. The smallest absolute Gasteiger partial charge is 0.327 e. The van der Waals surface area contributed by atoms with Crippen LogP contribution in [0.4, 0.5) is 0 Å². The van der Waals surface area contributed by atoms with Crippen molar-refractivity contribution >= 4 is 11.9 Å². The maximum Gasteiger partial charge on any atom is 0.327 e. The Kier molecular flexibility index (Phi) is 2.88. The lowest BCUT2D eigenvalue weighted by Gasteiger charge is -2.38. The van der Waals surface area contributed by atoms with Crippen molar-refractivity contribution in [1.82, 2.24) is 9.80 Å². The number of piperidine rings is 1. The molecular weight excluding hydrogens is 220 g/mol. The molecule has 0 radical (unpaired) electrons. The molecule has 3 saturated heterocycles. The molecule has 0 amide bonds. The summed E-state index contributed by atoms with van der Waals surface area (Å²) in [5.41, 5.74) is 0. The molecule has 0 spiro atoms. The largest absolute Gasteiger partial charge is 0.391 e. The van der Waals surface area contributed by atoms with Gasteiger partial charge in [0, 0.05) is 18.6 Å². The molecule has 0 aromatic rings. The van der Waals surface area contributed by atoms with Gasteiger partial charge < -0.3 is 4.74 Å². The molecular formula is C12H18N2O3. The highest BCUT2D eigenvalue weighted by Gasteiger charge is 2.41. The van der Waals surface area contributed by atoms with Crippen molar-refractivity contribution in [2.24, 2.45) is 0 Å². The van der Waals surface area contributed by atoms with Gasteiger partial charge in [-0.1, -0.05) is 6.42 Å². The molecule has 3 aliphatic heterocycles.